The van der Waals surface area contributed by atoms with Crippen LogP contribution in [0.15, 0.2) is 59.7 Å². The van der Waals surface area contributed by atoms with Crippen LogP contribution in [0.4, 0.5) is 5.69 Å². The van der Waals surface area contributed by atoms with Gasteiger partial charge in [-0.2, -0.15) is 5.10 Å². The molecule has 2 aromatic carbocycles. The molecule has 0 saturated carbocycles. The maximum atomic E-state index is 12.9. The molecule has 0 aromatic heterocycles. The molecule has 0 unspecified atom stereocenters. The van der Waals surface area contributed by atoms with Crippen molar-refractivity contribution in [2.75, 3.05) is 31.3 Å². The largest absolute Gasteiger partial charge is 0.370 e. The van der Waals surface area contributed by atoms with Gasteiger partial charge in [-0.15, -0.1) is 0 Å². The van der Waals surface area contributed by atoms with Crippen LogP contribution in [-0.4, -0.2) is 42.8 Å². The van der Waals surface area contributed by atoms with Crippen LogP contribution >= 0.6 is 0 Å². The van der Waals surface area contributed by atoms with Crippen molar-refractivity contribution in [1.82, 2.24) is 4.90 Å². The van der Waals surface area contributed by atoms with Crippen molar-refractivity contribution < 1.29 is 9.53 Å². The lowest BCUT2D eigenvalue weighted by Gasteiger charge is -2.33. The number of hydrazone groups is 1. The first-order valence-electron chi connectivity index (χ1n) is 9.08. The van der Waals surface area contributed by atoms with Crippen LogP contribution in [0.2, 0.25) is 0 Å². The molecule has 1 fully saturated rings. The lowest BCUT2D eigenvalue weighted by atomic mass is 10.1. The molecular weight excluding hydrogens is 326 g/mol. The van der Waals surface area contributed by atoms with E-state index in [4.69, 9.17) is 4.74 Å². The fraction of sp³-hybridized carbons (Fsp3) is 0.333. The van der Waals surface area contributed by atoms with Crippen LogP contribution in [-0.2, 0) is 4.74 Å². The minimum atomic E-state index is -0.0601. The van der Waals surface area contributed by atoms with Gasteiger partial charge in [0.25, 0.3) is 5.91 Å². The molecule has 0 spiro atoms. The van der Waals surface area contributed by atoms with Gasteiger partial charge >= 0.3 is 0 Å². The number of hydrogen-bond acceptors (Lipinski definition) is 4. The van der Waals surface area contributed by atoms with Crippen LogP contribution in [0.3, 0.4) is 0 Å². The summed E-state index contributed by atoms with van der Waals surface area (Å²) in [5.74, 6) is 0.0573. The normalized spacial score (nSPS) is 20.2. The number of benzene rings is 2. The van der Waals surface area contributed by atoms with E-state index in [1.807, 2.05) is 71.4 Å². The van der Waals surface area contributed by atoms with Gasteiger partial charge in [0.05, 0.1) is 18.8 Å². The summed E-state index contributed by atoms with van der Waals surface area (Å²) in [7, 11) is 0. The van der Waals surface area contributed by atoms with E-state index < -0.39 is 0 Å². The van der Waals surface area contributed by atoms with Crippen molar-refractivity contribution in [3.8, 4) is 0 Å². The van der Waals surface area contributed by atoms with Crippen molar-refractivity contribution in [3.63, 3.8) is 0 Å². The molecule has 0 N–H and O–H groups in total. The highest BCUT2D eigenvalue weighted by Gasteiger charge is 2.26. The highest BCUT2D eigenvalue weighted by molar-refractivity contribution is 5.94. The van der Waals surface area contributed by atoms with E-state index in [0.29, 0.717) is 25.3 Å². The molecule has 2 aromatic rings. The number of amides is 1. The molecule has 2 aliphatic rings. The zero-order valence-electron chi connectivity index (χ0n) is 15.0. The molecule has 0 aliphatic carbocycles. The van der Waals surface area contributed by atoms with Gasteiger partial charge in [-0.05, 0) is 36.8 Å². The van der Waals surface area contributed by atoms with Gasteiger partial charge in [-0.1, -0.05) is 30.3 Å². The average molecular weight is 349 g/mol. The second-order valence-electron chi connectivity index (χ2n) is 6.78. The summed E-state index contributed by atoms with van der Waals surface area (Å²) >= 11 is 0. The first kappa shape index (κ1) is 16.8. The Morgan fingerprint density at radius 1 is 1.08 bits per heavy atom. The zero-order chi connectivity index (χ0) is 17.9. The highest BCUT2D eigenvalue weighted by Crippen LogP contribution is 2.24. The molecular formula is C21H23N3O2. The maximum absolute atomic E-state index is 12.9. The van der Waals surface area contributed by atoms with E-state index >= 15 is 0 Å². The quantitative estimate of drug-likeness (QED) is 0.852. The third-order valence-corrected chi connectivity index (χ3v) is 4.91. The Hall–Kier alpha value is -2.66. The van der Waals surface area contributed by atoms with Crippen LogP contribution in [0.5, 0.6) is 0 Å². The number of hydrogen-bond donors (Lipinski definition) is 0. The van der Waals surface area contributed by atoms with Gasteiger partial charge in [0.2, 0.25) is 0 Å². The summed E-state index contributed by atoms with van der Waals surface area (Å²) in [5.41, 5.74) is 4.00. The summed E-state index contributed by atoms with van der Waals surface area (Å²) in [4.78, 5) is 14.8. The van der Waals surface area contributed by atoms with Crippen molar-refractivity contribution in [1.29, 1.82) is 0 Å². The van der Waals surface area contributed by atoms with E-state index in [-0.39, 0.29) is 12.0 Å². The number of morpholine rings is 1. The second kappa shape index (κ2) is 7.30. The minimum Gasteiger partial charge on any atom is -0.370 e. The summed E-state index contributed by atoms with van der Waals surface area (Å²) in [6, 6.07) is 17.8. The molecule has 1 saturated heterocycles. The molecule has 1 amide bonds. The van der Waals surface area contributed by atoms with Crippen molar-refractivity contribution in [3.05, 3.63) is 65.7 Å². The first-order chi connectivity index (χ1) is 12.7. The number of anilines is 1. The number of carbonyl (C=O) groups excluding carboxylic acids is 1. The Balaban J connectivity index is 1.45. The fourth-order valence-corrected chi connectivity index (χ4v) is 3.42. The molecule has 0 radical (unpaired) electrons. The Morgan fingerprint density at radius 3 is 2.54 bits per heavy atom. The number of rotatable bonds is 3. The molecule has 5 heteroatoms. The fourth-order valence-electron chi connectivity index (χ4n) is 3.42. The number of carbonyl (C=O) groups is 1. The monoisotopic (exact) mass is 349 g/mol. The summed E-state index contributed by atoms with van der Waals surface area (Å²) in [6.45, 7) is 4.71. The standard InChI is InChI=1S/C21H23N3O2/c1-16-11-12-24(22-16)19-9-7-18(8-10-19)21(25)23-13-14-26-20(15-23)17-5-3-2-4-6-17/h2-10,20H,11-15H2,1H3/t20-/m1/s1. The van der Waals surface area contributed by atoms with Gasteiger partial charge in [0, 0.05) is 30.8 Å². The van der Waals surface area contributed by atoms with Crippen LogP contribution in [0, 0.1) is 0 Å². The van der Waals surface area contributed by atoms with Crippen molar-refractivity contribution >= 4 is 17.3 Å². The maximum Gasteiger partial charge on any atom is 0.254 e. The third-order valence-electron chi connectivity index (χ3n) is 4.91. The van der Waals surface area contributed by atoms with Gasteiger partial charge in [-0.3, -0.25) is 9.80 Å². The molecule has 26 heavy (non-hydrogen) atoms. The Morgan fingerprint density at radius 2 is 1.85 bits per heavy atom. The molecule has 2 heterocycles. The Bertz CT molecular complexity index is 802. The van der Waals surface area contributed by atoms with Crippen LogP contribution in [0.1, 0.15) is 35.4 Å². The minimum absolute atomic E-state index is 0.0573. The zero-order valence-corrected chi connectivity index (χ0v) is 15.0. The summed E-state index contributed by atoms with van der Waals surface area (Å²) in [6.07, 6.45) is 0.935. The molecule has 134 valence electrons. The SMILES string of the molecule is CC1=NN(c2ccc(C(=O)N3CCO[C@@H](c4ccccc4)C3)cc2)CC1. The van der Waals surface area contributed by atoms with E-state index in [1.165, 1.54) is 0 Å². The second-order valence-corrected chi connectivity index (χ2v) is 6.78. The highest BCUT2D eigenvalue weighted by atomic mass is 16.5. The molecule has 1 atom stereocenters. The first-order valence-corrected chi connectivity index (χ1v) is 9.08. The van der Waals surface area contributed by atoms with E-state index in [9.17, 15) is 4.79 Å². The summed E-state index contributed by atoms with van der Waals surface area (Å²) < 4.78 is 5.86. The van der Waals surface area contributed by atoms with Gasteiger partial charge in [-0.25, -0.2) is 0 Å². The predicted molar refractivity (Wildman–Crippen MR) is 103 cm³/mol. The van der Waals surface area contributed by atoms with E-state index in [2.05, 4.69) is 5.10 Å². The molecule has 5 nitrogen and oxygen atoms in total. The number of ether oxygens (including phenoxy) is 1. The topological polar surface area (TPSA) is 45.1 Å². The molecule has 4 rings (SSSR count). The van der Waals surface area contributed by atoms with Crippen molar-refractivity contribution in [2.45, 2.75) is 19.4 Å². The van der Waals surface area contributed by atoms with Crippen LogP contribution in [0.25, 0.3) is 0 Å². The molecule has 0 bridgehead atoms. The summed E-state index contributed by atoms with van der Waals surface area (Å²) in [5, 5.41) is 6.49. The van der Waals surface area contributed by atoms with E-state index in [0.717, 1.165) is 29.9 Å². The smallest absolute Gasteiger partial charge is 0.254 e. The van der Waals surface area contributed by atoms with Gasteiger partial charge in [0.1, 0.15) is 6.10 Å². The van der Waals surface area contributed by atoms with Crippen molar-refractivity contribution in [2.24, 2.45) is 5.10 Å². The van der Waals surface area contributed by atoms with Gasteiger partial charge in [0.15, 0.2) is 0 Å². The van der Waals surface area contributed by atoms with E-state index in [1.54, 1.807) is 0 Å². The lowest BCUT2D eigenvalue weighted by molar-refractivity contribution is -0.0228. The average Bonchev–Trinajstić information content (AvgIpc) is 3.15. The Labute approximate surface area is 153 Å². The third kappa shape index (κ3) is 3.48. The number of nitrogens with zero attached hydrogens (tertiary/aromatic N) is 3. The Kier molecular flexibility index (Phi) is 4.71. The van der Waals surface area contributed by atoms with Gasteiger partial charge < -0.3 is 9.64 Å². The molecule has 2 aliphatic heterocycles. The predicted octanol–water partition coefficient (Wildman–Crippen LogP) is 3.49. The van der Waals surface area contributed by atoms with Crippen LogP contribution < -0.4 is 5.01 Å². The lowest BCUT2D eigenvalue weighted by Crippen LogP contribution is -2.42.